The fourth-order valence-corrected chi connectivity index (χ4v) is 2.11. The maximum absolute atomic E-state index is 10.8. The molecule has 0 saturated heterocycles. The Balaban J connectivity index is 1.87. The van der Waals surface area contributed by atoms with Crippen molar-refractivity contribution in [1.29, 1.82) is 0 Å². The molecule has 8 heteroatoms. The number of hydrogen-bond acceptors (Lipinski definition) is 7. The molecule has 0 saturated carbocycles. The summed E-state index contributed by atoms with van der Waals surface area (Å²) >= 11 is 0. The van der Waals surface area contributed by atoms with Crippen LogP contribution >= 0.6 is 0 Å². The molecule has 0 atom stereocenters. The molecule has 0 aliphatic heterocycles. The Morgan fingerprint density at radius 1 is 1.28 bits per heavy atom. The Morgan fingerprint density at radius 3 is 2.84 bits per heavy atom. The van der Waals surface area contributed by atoms with E-state index in [-0.39, 0.29) is 17.3 Å². The first-order chi connectivity index (χ1) is 12.1. The average Bonchev–Trinajstić information content (AvgIpc) is 3.01. The highest BCUT2D eigenvalue weighted by molar-refractivity contribution is 5.83. The number of benzene rings is 2. The highest BCUT2D eigenvalue weighted by atomic mass is 16.6. The predicted molar refractivity (Wildman–Crippen MR) is 90.5 cm³/mol. The zero-order valence-corrected chi connectivity index (χ0v) is 13.1. The molecule has 126 valence electrons. The molecule has 8 nitrogen and oxygen atoms in total. The van der Waals surface area contributed by atoms with Gasteiger partial charge in [0.05, 0.1) is 23.9 Å². The van der Waals surface area contributed by atoms with Crippen molar-refractivity contribution in [2.45, 2.75) is 0 Å². The lowest BCUT2D eigenvalue weighted by Gasteiger charge is -2.00. The third-order valence-corrected chi connectivity index (χ3v) is 3.33. The number of hydrogen-bond donors (Lipinski definition) is 1. The van der Waals surface area contributed by atoms with Crippen molar-refractivity contribution in [2.75, 3.05) is 7.11 Å². The minimum atomic E-state index is -0.506. The van der Waals surface area contributed by atoms with Crippen LogP contribution in [0.3, 0.4) is 0 Å². The Kier molecular flexibility index (Phi) is 4.42. The number of nitrogens with zero attached hydrogens (tertiary/aromatic N) is 3. The van der Waals surface area contributed by atoms with Crippen molar-refractivity contribution in [3.05, 3.63) is 64.3 Å². The van der Waals surface area contributed by atoms with Crippen LogP contribution in [0.25, 0.3) is 11.5 Å². The Hall–Kier alpha value is -3.68. The van der Waals surface area contributed by atoms with Crippen molar-refractivity contribution in [3.8, 4) is 23.1 Å². The summed E-state index contributed by atoms with van der Waals surface area (Å²) in [5.41, 5.74) is 1.03. The van der Waals surface area contributed by atoms with Crippen LogP contribution < -0.4 is 4.74 Å². The number of aliphatic imine (C=N–C) groups is 1. The third-order valence-electron chi connectivity index (χ3n) is 3.33. The number of aromatic nitrogens is 1. The van der Waals surface area contributed by atoms with Gasteiger partial charge in [-0.25, -0.2) is 4.98 Å². The van der Waals surface area contributed by atoms with Crippen LogP contribution in [0.1, 0.15) is 5.69 Å². The summed E-state index contributed by atoms with van der Waals surface area (Å²) in [6, 6.07) is 12.8. The molecule has 1 aromatic heterocycles. The van der Waals surface area contributed by atoms with Gasteiger partial charge >= 0.3 is 5.95 Å². The van der Waals surface area contributed by atoms with Gasteiger partial charge in [0.15, 0.2) is 5.69 Å². The molecule has 0 aliphatic rings. The normalized spacial score (nSPS) is 10.9. The Bertz CT molecular complexity index is 949. The first kappa shape index (κ1) is 16.2. The van der Waals surface area contributed by atoms with Crippen molar-refractivity contribution in [3.63, 3.8) is 0 Å². The quantitative estimate of drug-likeness (QED) is 0.431. The first-order valence-electron chi connectivity index (χ1n) is 7.19. The number of non-ortho nitro benzene ring substituents is 1. The van der Waals surface area contributed by atoms with Gasteiger partial charge in [-0.1, -0.05) is 12.1 Å². The second kappa shape index (κ2) is 6.83. The van der Waals surface area contributed by atoms with Crippen molar-refractivity contribution < 1.29 is 19.2 Å². The van der Waals surface area contributed by atoms with Crippen LogP contribution in [0.2, 0.25) is 0 Å². The van der Waals surface area contributed by atoms with E-state index in [1.807, 2.05) is 0 Å². The molecule has 1 heterocycles. The van der Waals surface area contributed by atoms with Gasteiger partial charge in [-0.2, -0.15) is 0 Å². The van der Waals surface area contributed by atoms with E-state index in [9.17, 15) is 15.2 Å². The fourth-order valence-electron chi connectivity index (χ4n) is 2.11. The van der Waals surface area contributed by atoms with Gasteiger partial charge in [-0.05, 0) is 24.3 Å². The van der Waals surface area contributed by atoms with Crippen LogP contribution in [0.4, 0.5) is 11.4 Å². The molecule has 0 bridgehead atoms. The molecule has 0 radical (unpaired) electrons. The van der Waals surface area contributed by atoms with Gasteiger partial charge in [0, 0.05) is 17.7 Å². The van der Waals surface area contributed by atoms with Crippen LogP contribution in [0.5, 0.6) is 11.7 Å². The van der Waals surface area contributed by atoms with Crippen molar-refractivity contribution in [1.82, 2.24) is 4.98 Å². The van der Waals surface area contributed by atoms with Gasteiger partial charge in [0.1, 0.15) is 5.75 Å². The number of rotatable bonds is 5. The topological polar surface area (TPSA) is 111 Å². The molecule has 3 rings (SSSR count). The largest absolute Gasteiger partial charge is 0.497 e. The maximum atomic E-state index is 10.8. The van der Waals surface area contributed by atoms with Gasteiger partial charge < -0.3 is 14.3 Å². The van der Waals surface area contributed by atoms with E-state index in [2.05, 4.69) is 9.98 Å². The molecule has 0 unspecified atom stereocenters. The number of nitro benzene ring substituents is 1. The number of oxazole rings is 1. The highest BCUT2D eigenvalue weighted by Gasteiger charge is 2.13. The summed E-state index contributed by atoms with van der Waals surface area (Å²) in [7, 11) is 1.54. The Labute approximate surface area is 142 Å². The molecule has 0 fully saturated rings. The van der Waals surface area contributed by atoms with Crippen molar-refractivity contribution in [2.24, 2.45) is 4.99 Å². The SMILES string of the molecule is COc1cccc(-c2nc(C=Nc3cccc([N+](=O)[O-])c3)c(O)o2)c1. The lowest BCUT2D eigenvalue weighted by molar-refractivity contribution is -0.384. The minimum Gasteiger partial charge on any atom is -0.497 e. The van der Waals surface area contributed by atoms with E-state index in [4.69, 9.17) is 9.15 Å². The van der Waals surface area contributed by atoms with E-state index in [0.717, 1.165) is 0 Å². The average molecular weight is 339 g/mol. The molecular formula is C17H13N3O5. The summed E-state index contributed by atoms with van der Waals surface area (Å²) in [6.45, 7) is 0. The summed E-state index contributed by atoms with van der Waals surface area (Å²) in [6.07, 6.45) is 1.28. The maximum Gasteiger partial charge on any atom is 0.312 e. The minimum absolute atomic E-state index is 0.0731. The second-order valence-corrected chi connectivity index (χ2v) is 4.98. The van der Waals surface area contributed by atoms with Gasteiger partial charge in [0.2, 0.25) is 5.89 Å². The standard InChI is InChI=1S/C17H13N3O5/c1-24-14-7-2-4-11(8-14)16-19-15(17(21)25-16)10-18-12-5-3-6-13(9-12)20(22)23/h2-10,21H,1H3. The lowest BCUT2D eigenvalue weighted by atomic mass is 10.2. The molecule has 1 N–H and O–H groups in total. The molecular weight excluding hydrogens is 326 g/mol. The van der Waals surface area contributed by atoms with Crippen molar-refractivity contribution >= 4 is 17.6 Å². The second-order valence-electron chi connectivity index (χ2n) is 4.98. The summed E-state index contributed by atoms with van der Waals surface area (Å²) in [4.78, 5) is 18.5. The van der Waals surface area contributed by atoms with E-state index in [1.165, 1.54) is 24.4 Å². The molecule has 0 spiro atoms. The smallest absolute Gasteiger partial charge is 0.312 e. The highest BCUT2D eigenvalue weighted by Crippen LogP contribution is 2.28. The van der Waals surface area contributed by atoms with Gasteiger partial charge in [-0.3, -0.25) is 15.1 Å². The van der Waals surface area contributed by atoms with Crippen LogP contribution in [-0.2, 0) is 0 Å². The Morgan fingerprint density at radius 2 is 2.08 bits per heavy atom. The van der Waals surface area contributed by atoms with Crippen LogP contribution in [-0.4, -0.2) is 28.3 Å². The lowest BCUT2D eigenvalue weighted by Crippen LogP contribution is -1.87. The summed E-state index contributed by atoms with van der Waals surface area (Å²) < 4.78 is 10.4. The molecule has 0 amide bonds. The first-order valence-corrected chi connectivity index (χ1v) is 7.19. The zero-order valence-electron chi connectivity index (χ0n) is 13.1. The molecule has 3 aromatic rings. The number of aromatic hydroxyl groups is 1. The number of nitro groups is 1. The molecule has 0 aliphatic carbocycles. The van der Waals surface area contributed by atoms with E-state index >= 15 is 0 Å². The summed E-state index contributed by atoms with van der Waals surface area (Å²) in [5, 5.41) is 20.7. The van der Waals surface area contributed by atoms with Gasteiger partial charge in [-0.15, -0.1) is 0 Å². The fraction of sp³-hybridized carbons (Fsp3) is 0.0588. The number of methoxy groups -OCH3 is 1. The predicted octanol–water partition coefficient (Wildman–Crippen LogP) is 3.71. The number of ether oxygens (including phenoxy) is 1. The van der Waals surface area contributed by atoms with Gasteiger partial charge in [0.25, 0.3) is 5.69 Å². The van der Waals surface area contributed by atoms with Crippen LogP contribution in [0.15, 0.2) is 57.9 Å². The zero-order chi connectivity index (χ0) is 17.8. The van der Waals surface area contributed by atoms with E-state index in [1.54, 1.807) is 37.4 Å². The van der Waals surface area contributed by atoms with E-state index in [0.29, 0.717) is 17.0 Å². The molecule has 25 heavy (non-hydrogen) atoms. The third kappa shape index (κ3) is 3.63. The molecule has 2 aromatic carbocycles. The van der Waals surface area contributed by atoms with Crippen LogP contribution in [0, 0.1) is 10.1 Å². The monoisotopic (exact) mass is 339 g/mol. The summed E-state index contributed by atoms with van der Waals surface area (Å²) in [5.74, 6) is 0.436. The van der Waals surface area contributed by atoms with E-state index < -0.39 is 10.9 Å².